The van der Waals surface area contributed by atoms with Gasteiger partial charge in [0.1, 0.15) is 19.0 Å². The molecule has 0 aliphatic carbocycles. The third-order valence-corrected chi connectivity index (χ3v) is 3.52. The summed E-state index contributed by atoms with van der Waals surface area (Å²) in [7, 11) is 0. The van der Waals surface area contributed by atoms with Crippen molar-refractivity contribution in [3.63, 3.8) is 0 Å². The first kappa shape index (κ1) is 15.3. The smallest absolute Gasteiger partial charge is 0.255 e. The Morgan fingerprint density at radius 1 is 1.17 bits per heavy atom. The topological polar surface area (TPSA) is 67.8 Å². The minimum atomic E-state index is -0.797. The largest absolute Gasteiger partial charge is 0.486 e. The lowest BCUT2D eigenvalue weighted by Gasteiger charge is -2.22. The van der Waals surface area contributed by atoms with Crippen molar-refractivity contribution in [3.8, 4) is 11.5 Å². The number of fused-ring (bicyclic) bond motifs is 1. The van der Waals surface area contributed by atoms with Crippen molar-refractivity contribution in [2.45, 2.75) is 13.0 Å². The molecule has 0 spiro atoms. The minimum absolute atomic E-state index is 0.317. The molecule has 1 amide bonds. The van der Waals surface area contributed by atoms with Gasteiger partial charge in [0.05, 0.1) is 11.8 Å². The standard InChI is InChI=1S/C17H16FNO4/c1-10(20)13-8-15-16(23-7-6-22-15)9-14(13)19-17(21)11-2-4-12(18)5-3-11/h2-5,8-10,20H,6-7H2,1H3,(H,19,21)/t10-/m1/s1. The lowest BCUT2D eigenvalue weighted by Crippen LogP contribution is -2.18. The molecule has 2 aromatic carbocycles. The molecule has 0 saturated heterocycles. The summed E-state index contributed by atoms with van der Waals surface area (Å²) in [5.41, 5.74) is 1.26. The molecular formula is C17H16FNO4. The zero-order valence-electron chi connectivity index (χ0n) is 12.5. The Morgan fingerprint density at radius 2 is 1.78 bits per heavy atom. The Hall–Kier alpha value is -2.60. The highest BCUT2D eigenvalue weighted by Crippen LogP contribution is 2.38. The number of anilines is 1. The number of nitrogens with one attached hydrogen (secondary N) is 1. The van der Waals surface area contributed by atoms with E-state index >= 15 is 0 Å². The maximum absolute atomic E-state index is 12.9. The molecule has 1 heterocycles. The van der Waals surface area contributed by atoms with E-state index in [0.29, 0.717) is 41.5 Å². The summed E-state index contributed by atoms with van der Waals surface area (Å²) in [5, 5.41) is 12.6. The molecule has 2 N–H and O–H groups in total. The van der Waals surface area contributed by atoms with Gasteiger partial charge in [-0.05, 0) is 37.3 Å². The summed E-state index contributed by atoms with van der Waals surface area (Å²) in [4.78, 5) is 12.3. The Labute approximate surface area is 132 Å². The van der Waals surface area contributed by atoms with Gasteiger partial charge in [-0.15, -0.1) is 0 Å². The first-order valence-corrected chi connectivity index (χ1v) is 7.23. The molecule has 0 radical (unpaired) electrons. The van der Waals surface area contributed by atoms with Gasteiger partial charge in [0.2, 0.25) is 0 Å². The monoisotopic (exact) mass is 317 g/mol. The number of aliphatic hydroxyl groups excluding tert-OH is 1. The number of halogens is 1. The first-order chi connectivity index (χ1) is 11.0. The highest BCUT2D eigenvalue weighted by molar-refractivity contribution is 6.04. The predicted molar refractivity (Wildman–Crippen MR) is 82.4 cm³/mol. The number of aliphatic hydroxyl groups is 1. The molecule has 1 aliphatic rings. The molecule has 2 aromatic rings. The Bertz CT molecular complexity index is 728. The van der Waals surface area contributed by atoms with Crippen LogP contribution in [0.25, 0.3) is 0 Å². The van der Waals surface area contributed by atoms with E-state index < -0.39 is 17.8 Å². The molecule has 0 fully saturated rings. The van der Waals surface area contributed by atoms with Crippen LogP contribution in [0.15, 0.2) is 36.4 Å². The van der Waals surface area contributed by atoms with Crippen molar-refractivity contribution < 1.29 is 23.8 Å². The molecule has 3 rings (SSSR count). The van der Waals surface area contributed by atoms with Crippen LogP contribution in [0.3, 0.4) is 0 Å². The second-order valence-corrected chi connectivity index (χ2v) is 5.22. The molecular weight excluding hydrogens is 301 g/mol. The Morgan fingerprint density at radius 3 is 2.39 bits per heavy atom. The van der Waals surface area contributed by atoms with Crippen molar-refractivity contribution in [1.82, 2.24) is 0 Å². The lowest BCUT2D eigenvalue weighted by molar-refractivity contribution is 0.102. The molecule has 120 valence electrons. The molecule has 0 bridgehead atoms. The van der Waals surface area contributed by atoms with Gasteiger partial charge in [-0.3, -0.25) is 4.79 Å². The summed E-state index contributed by atoms with van der Waals surface area (Å²) >= 11 is 0. The fourth-order valence-electron chi connectivity index (χ4n) is 2.35. The second kappa shape index (κ2) is 6.26. The molecule has 0 saturated carbocycles. The molecule has 0 aromatic heterocycles. The van der Waals surface area contributed by atoms with Crippen LogP contribution in [0, 0.1) is 5.82 Å². The van der Waals surface area contributed by atoms with E-state index in [1.165, 1.54) is 24.3 Å². The number of carbonyl (C=O) groups is 1. The van der Waals surface area contributed by atoms with Crippen LogP contribution >= 0.6 is 0 Å². The average Bonchev–Trinajstić information content (AvgIpc) is 2.54. The van der Waals surface area contributed by atoms with Crippen molar-refractivity contribution in [2.24, 2.45) is 0 Å². The van der Waals surface area contributed by atoms with Gasteiger partial charge in [-0.25, -0.2) is 4.39 Å². The van der Waals surface area contributed by atoms with E-state index in [4.69, 9.17) is 9.47 Å². The second-order valence-electron chi connectivity index (χ2n) is 5.22. The number of ether oxygens (including phenoxy) is 2. The molecule has 0 unspecified atom stereocenters. The van der Waals surface area contributed by atoms with E-state index in [2.05, 4.69) is 5.32 Å². The predicted octanol–water partition coefficient (Wildman–Crippen LogP) is 2.90. The number of benzene rings is 2. The SMILES string of the molecule is C[C@@H](O)c1cc2c(cc1NC(=O)c1ccc(F)cc1)OCCO2. The summed E-state index contributed by atoms with van der Waals surface area (Å²) in [6, 6.07) is 8.50. The molecule has 5 nitrogen and oxygen atoms in total. The van der Waals surface area contributed by atoms with E-state index in [1.807, 2.05) is 0 Å². The van der Waals surface area contributed by atoms with Crippen LogP contribution in [0.4, 0.5) is 10.1 Å². The van der Waals surface area contributed by atoms with Crippen molar-refractivity contribution in [2.75, 3.05) is 18.5 Å². The maximum Gasteiger partial charge on any atom is 0.255 e. The molecule has 1 aliphatic heterocycles. The fourth-order valence-corrected chi connectivity index (χ4v) is 2.35. The summed E-state index contributed by atoms with van der Waals surface area (Å²) < 4.78 is 23.9. The zero-order chi connectivity index (χ0) is 16.4. The van der Waals surface area contributed by atoms with Crippen LogP contribution in [-0.4, -0.2) is 24.2 Å². The van der Waals surface area contributed by atoms with Crippen LogP contribution in [0.1, 0.15) is 28.9 Å². The van der Waals surface area contributed by atoms with E-state index in [0.717, 1.165) is 0 Å². The van der Waals surface area contributed by atoms with Crippen LogP contribution in [0.2, 0.25) is 0 Å². The van der Waals surface area contributed by atoms with Crippen LogP contribution < -0.4 is 14.8 Å². The number of carbonyl (C=O) groups excluding carboxylic acids is 1. The molecule has 1 atom stereocenters. The number of hydrogen-bond donors (Lipinski definition) is 2. The highest BCUT2D eigenvalue weighted by atomic mass is 19.1. The third kappa shape index (κ3) is 3.27. The van der Waals surface area contributed by atoms with Gasteiger partial charge in [0.15, 0.2) is 11.5 Å². The molecule has 6 heteroatoms. The van der Waals surface area contributed by atoms with Gasteiger partial charge < -0.3 is 19.9 Å². The molecule has 23 heavy (non-hydrogen) atoms. The highest BCUT2D eigenvalue weighted by Gasteiger charge is 2.19. The van der Waals surface area contributed by atoms with Gasteiger partial charge >= 0.3 is 0 Å². The van der Waals surface area contributed by atoms with Crippen LogP contribution in [-0.2, 0) is 0 Å². The Kier molecular flexibility index (Phi) is 4.16. The Balaban J connectivity index is 1.91. The van der Waals surface area contributed by atoms with Crippen molar-refractivity contribution in [1.29, 1.82) is 0 Å². The van der Waals surface area contributed by atoms with Gasteiger partial charge in [0, 0.05) is 17.2 Å². The van der Waals surface area contributed by atoms with E-state index in [9.17, 15) is 14.3 Å². The van der Waals surface area contributed by atoms with Crippen molar-refractivity contribution >= 4 is 11.6 Å². The van der Waals surface area contributed by atoms with E-state index in [1.54, 1.807) is 19.1 Å². The van der Waals surface area contributed by atoms with Gasteiger partial charge in [0.25, 0.3) is 5.91 Å². The first-order valence-electron chi connectivity index (χ1n) is 7.23. The zero-order valence-corrected chi connectivity index (χ0v) is 12.5. The summed E-state index contributed by atoms with van der Waals surface area (Å²) in [6.45, 7) is 2.46. The van der Waals surface area contributed by atoms with Crippen molar-refractivity contribution in [3.05, 3.63) is 53.3 Å². The summed E-state index contributed by atoms with van der Waals surface area (Å²) in [5.74, 6) is 0.233. The van der Waals surface area contributed by atoms with E-state index in [-0.39, 0.29) is 0 Å². The van der Waals surface area contributed by atoms with Gasteiger partial charge in [-0.1, -0.05) is 0 Å². The quantitative estimate of drug-likeness (QED) is 0.913. The minimum Gasteiger partial charge on any atom is -0.486 e. The normalized spacial score (nSPS) is 14.2. The fraction of sp³-hybridized carbons (Fsp3) is 0.235. The number of hydrogen-bond acceptors (Lipinski definition) is 4. The summed E-state index contributed by atoms with van der Waals surface area (Å²) in [6.07, 6.45) is -0.797. The van der Waals surface area contributed by atoms with Crippen LogP contribution in [0.5, 0.6) is 11.5 Å². The number of rotatable bonds is 3. The average molecular weight is 317 g/mol. The lowest BCUT2D eigenvalue weighted by atomic mass is 10.1. The van der Waals surface area contributed by atoms with Gasteiger partial charge in [-0.2, -0.15) is 0 Å². The third-order valence-electron chi connectivity index (χ3n) is 3.52. The maximum atomic E-state index is 12.9. The number of amides is 1.